The molecule has 0 radical (unpaired) electrons. The molecule has 1 amide bonds. The van der Waals surface area contributed by atoms with Crippen molar-refractivity contribution in [1.82, 2.24) is 25.0 Å². The molecule has 4 aromatic rings. The first-order valence-electron chi connectivity index (χ1n) is 9.31. The van der Waals surface area contributed by atoms with Crippen LogP contribution in [-0.2, 0) is 6.54 Å². The van der Waals surface area contributed by atoms with E-state index in [9.17, 15) is 4.79 Å². The first-order valence-corrected chi connectivity index (χ1v) is 9.31. The van der Waals surface area contributed by atoms with Gasteiger partial charge >= 0.3 is 0 Å². The second-order valence-electron chi connectivity index (χ2n) is 6.60. The van der Waals surface area contributed by atoms with Crippen molar-refractivity contribution in [2.45, 2.75) is 6.54 Å². The molecular formula is C21H20N6O4. The normalized spacial score (nSPS) is 10.7. The van der Waals surface area contributed by atoms with Crippen LogP contribution in [0.5, 0.6) is 11.5 Å². The van der Waals surface area contributed by atoms with Crippen LogP contribution in [0.1, 0.15) is 15.9 Å². The van der Waals surface area contributed by atoms with Gasteiger partial charge in [-0.15, -0.1) is 0 Å². The zero-order valence-electron chi connectivity index (χ0n) is 16.9. The number of rotatable bonds is 7. The van der Waals surface area contributed by atoms with Crippen LogP contribution in [0.15, 0.2) is 55.1 Å². The summed E-state index contributed by atoms with van der Waals surface area (Å²) in [6.07, 6.45) is 3.16. The molecule has 2 aromatic heterocycles. The molecular weight excluding hydrogens is 400 g/mol. The van der Waals surface area contributed by atoms with E-state index >= 15 is 0 Å². The molecule has 2 heterocycles. The van der Waals surface area contributed by atoms with E-state index in [-0.39, 0.29) is 0 Å². The van der Waals surface area contributed by atoms with Crippen LogP contribution >= 0.6 is 0 Å². The van der Waals surface area contributed by atoms with Gasteiger partial charge in [-0.1, -0.05) is 12.1 Å². The molecule has 0 saturated heterocycles. The number of amides is 1. The summed E-state index contributed by atoms with van der Waals surface area (Å²) in [7, 11) is 3.16. The summed E-state index contributed by atoms with van der Waals surface area (Å²) in [4.78, 5) is 24.6. The summed E-state index contributed by atoms with van der Waals surface area (Å²) in [6, 6.07) is 12.4. The van der Waals surface area contributed by atoms with Gasteiger partial charge in [0.1, 0.15) is 6.33 Å². The van der Waals surface area contributed by atoms with E-state index in [4.69, 9.17) is 14.7 Å². The van der Waals surface area contributed by atoms with E-state index in [1.807, 2.05) is 16.7 Å². The summed E-state index contributed by atoms with van der Waals surface area (Å²) < 4.78 is 12.5. The van der Waals surface area contributed by atoms with Crippen LogP contribution < -0.4 is 20.3 Å². The smallest absolute Gasteiger partial charge is 0.274 e. The van der Waals surface area contributed by atoms with Crippen LogP contribution in [0.4, 0.5) is 11.5 Å². The number of fused-ring (bicyclic) bond motifs is 1. The maximum atomic E-state index is 11.5. The van der Waals surface area contributed by atoms with Gasteiger partial charge in [0.25, 0.3) is 5.91 Å². The topological polar surface area (TPSA) is 123 Å². The van der Waals surface area contributed by atoms with Crippen molar-refractivity contribution >= 4 is 28.6 Å². The minimum Gasteiger partial charge on any atom is -0.493 e. The van der Waals surface area contributed by atoms with Crippen LogP contribution in [0.2, 0.25) is 0 Å². The van der Waals surface area contributed by atoms with Crippen LogP contribution in [0.3, 0.4) is 0 Å². The third-order valence-electron chi connectivity index (χ3n) is 4.72. The fourth-order valence-electron chi connectivity index (χ4n) is 3.16. The summed E-state index contributed by atoms with van der Waals surface area (Å²) in [5, 5.41) is 12.0. The average molecular weight is 420 g/mol. The molecule has 10 nitrogen and oxygen atoms in total. The van der Waals surface area contributed by atoms with E-state index in [1.54, 1.807) is 56.4 Å². The maximum absolute atomic E-state index is 11.5. The summed E-state index contributed by atoms with van der Waals surface area (Å²) in [6.45, 7) is 0.504. The third kappa shape index (κ3) is 4.09. The number of nitrogens with zero attached hydrogens (tertiary/aromatic N) is 4. The van der Waals surface area contributed by atoms with Crippen molar-refractivity contribution in [3.63, 3.8) is 0 Å². The number of benzene rings is 2. The van der Waals surface area contributed by atoms with Crippen molar-refractivity contribution in [1.29, 1.82) is 0 Å². The molecule has 0 fully saturated rings. The molecule has 0 aliphatic carbocycles. The Bertz CT molecular complexity index is 1220. The fourth-order valence-corrected chi connectivity index (χ4v) is 3.16. The maximum Gasteiger partial charge on any atom is 0.274 e. The molecule has 0 aliphatic heterocycles. The molecule has 2 aromatic carbocycles. The van der Waals surface area contributed by atoms with Crippen molar-refractivity contribution < 1.29 is 19.5 Å². The highest BCUT2D eigenvalue weighted by atomic mass is 16.5. The minimum absolute atomic E-state index is 0.366. The molecule has 0 bridgehead atoms. The first kappa shape index (κ1) is 20.1. The number of ether oxygens (including phenoxy) is 2. The lowest BCUT2D eigenvalue weighted by Crippen LogP contribution is -2.18. The lowest BCUT2D eigenvalue weighted by Gasteiger charge is -2.11. The molecule has 0 atom stereocenters. The number of hydrogen-bond donors (Lipinski definition) is 3. The number of carbonyl (C=O) groups excluding carboxylic acids is 1. The van der Waals surface area contributed by atoms with Crippen molar-refractivity contribution in [3.8, 4) is 11.5 Å². The van der Waals surface area contributed by atoms with Crippen molar-refractivity contribution in [3.05, 3.63) is 66.2 Å². The Morgan fingerprint density at radius 1 is 1.03 bits per heavy atom. The SMILES string of the molecule is COc1ccc(Nc2ncnc3c2ncn3Cc2ccc(C(=O)NO)cc2)cc1OC. The molecule has 10 heteroatoms. The Kier molecular flexibility index (Phi) is 5.63. The third-order valence-corrected chi connectivity index (χ3v) is 4.72. The van der Waals surface area contributed by atoms with E-state index in [0.717, 1.165) is 11.3 Å². The van der Waals surface area contributed by atoms with Crippen molar-refractivity contribution in [2.75, 3.05) is 19.5 Å². The lowest BCUT2D eigenvalue weighted by molar-refractivity contribution is 0.0706. The van der Waals surface area contributed by atoms with E-state index in [0.29, 0.717) is 40.6 Å². The minimum atomic E-state index is -0.557. The average Bonchev–Trinajstić information content (AvgIpc) is 3.22. The fraction of sp³-hybridized carbons (Fsp3) is 0.143. The highest BCUT2D eigenvalue weighted by molar-refractivity contribution is 5.93. The van der Waals surface area contributed by atoms with Gasteiger partial charge in [0.15, 0.2) is 28.5 Å². The number of hydrogen-bond acceptors (Lipinski definition) is 8. The Balaban J connectivity index is 1.59. The number of nitrogens with one attached hydrogen (secondary N) is 2. The molecule has 0 spiro atoms. The number of imidazole rings is 1. The van der Waals surface area contributed by atoms with Crippen molar-refractivity contribution in [2.24, 2.45) is 0 Å². The first-order chi connectivity index (χ1) is 15.1. The van der Waals surface area contributed by atoms with Crippen LogP contribution in [-0.4, -0.2) is 44.9 Å². The number of anilines is 2. The monoisotopic (exact) mass is 420 g/mol. The zero-order chi connectivity index (χ0) is 21.8. The molecule has 0 aliphatic rings. The van der Waals surface area contributed by atoms with Gasteiger partial charge in [0.2, 0.25) is 0 Å². The Hall–Kier alpha value is -4.18. The second-order valence-corrected chi connectivity index (χ2v) is 6.60. The zero-order valence-corrected chi connectivity index (χ0v) is 16.9. The van der Waals surface area contributed by atoms with Gasteiger partial charge in [-0.3, -0.25) is 10.0 Å². The number of aromatic nitrogens is 4. The van der Waals surface area contributed by atoms with Gasteiger partial charge in [-0.05, 0) is 29.8 Å². The van der Waals surface area contributed by atoms with Crippen LogP contribution in [0, 0.1) is 0 Å². The van der Waals surface area contributed by atoms with Crippen LogP contribution in [0.25, 0.3) is 11.2 Å². The molecule has 3 N–H and O–H groups in total. The van der Waals surface area contributed by atoms with Gasteiger partial charge in [-0.2, -0.15) is 0 Å². The Morgan fingerprint density at radius 2 is 1.81 bits per heavy atom. The molecule has 31 heavy (non-hydrogen) atoms. The highest BCUT2D eigenvalue weighted by Gasteiger charge is 2.12. The number of methoxy groups -OCH3 is 2. The number of hydroxylamine groups is 1. The predicted octanol–water partition coefficient (Wildman–Crippen LogP) is 2.75. The number of carbonyl (C=O) groups is 1. The summed E-state index contributed by atoms with van der Waals surface area (Å²) >= 11 is 0. The molecule has 4 rings (SSSR count). The van der Waals surface area contributed by atoms with Gasteiger partial charge in [0.05, 0.1) is 27.1 Å². The Morgan fingerprint density at radius 3 is 2.52 bits per heavy atom. The lowest BCUT2D eigenvalue weighted by atomic mass is 10.1. The van der Waals surface area contributed by atoms with E-state index in [2.05, 4.69) is 20.3 Å². The Labute approximate surface area is 177 Å². The largest absolute Gasteiger partial charge is 0.493 e. The highest BCUT2D eigenvalue weighted by Crippen LogP contribution is 2.31. The predicted molar refractivity (Wildman–Crippen MR) is 113 cm³/mol. The van der Waals surface area contributed by atoms with E-state index in [1.165, 1.54) is 6.33 Å². The molecule has 0 saturated carbocycles. The molecule has 0 unspecified atom stereocenters. The summed E-state index contributed by atoms with van der Waals surface area (Å²) in [5.74, 6) is 1.23. The van der Waals surface area contributed by atoms with E-state index < -0.39 is 5.91 Å². The quantitative estimate of drug-likeness (QED) is 0.308. The summed E-state index contributed by atoms with van der Waals surface area (Å²) in [5.41, 5.74) is 4.98. The second kappa shape index (κ2) is 8.67. The molecule has 158 valence electrons. The van der Waals surface area contributed by atoms with Gasteiger partial charge < -0.3 is 19.4 Å². The van der Waals surface area contributed by atoms with Gasteiger partial charge in [0, 0.05) is 17.3 Å². The standard InChI is InChI=1S/C21H20N6O4/c1-30-16-8-7-15(9-17(16)31-2)25-19-18-20(23-11-22-19)27(12-24-18)10-13-3-5-14(6-4-13)21(28)26-29/h3-9,11-12,29H,10H2,1-2H3,(H,26,28)(H,22,23,25). The van der Waals surface area contributed by atoms with Gasteiger partial charge in [-0.25, -0.2) is 20.4 Å².